The Bertz CT molecular complexity index is 728. The average Bonchev–Trinajstić information content (AvgIpc) is 2.88. The Hall–Kier alpha value is -2.00. The molecule has 0 bridgehead atoms. The summed E-state index contributed by atoms with van der Waals surface area (Å²) in [6.07, 6.45) is -16.9. The summed E-state index contributed by atoms with van der Waals surface area (Å²) >= 11 is 0. The number of aliphatic hydroxyl groups excluding tert-OH is 8. The Balaban J connectivity index is 2.26. The van der Waals surface area contributed by atoms with Crippen LogP contribution in [0.4, 0.5) is 4.79 Å². The van der Waals surface area contributed by atoms with Gasteiger partial charge in [-0.2, -0.15) is 0 Å². The Morgan fingerprint density at radius 1 is 0.811 bits per heavy atom. The Kier molecular flexibility index (Phi) is 11.6. The van der Waals surface area contributed by atoms with E-state index in [-0.39, 0.29) is 0 Å². The minimum Gasteiger partial charge on any atom is -0.447 e. The topological polar surface area (TPSA) is 280 Å². The van der Waals surface area contributed by atoms with E-state index < -0.39 is 112 Å². The van der Waals surface area contributed by atoms with Crippen LogP contribution in [0, 0.1) is 0 Å². The van der Waals surface area contributed by atoms with E-state index >= 15 is 0 Å². The van der Waals surface area contributed by atoms with Gasteiger partial charge in [0.25, 0.3) is 0 Å². The molecule has 0 aliphatic carbocycles. The van der Waals surface area contributed by atoms with Crippen LogP contribution >= 0.6 is 0 Å². The molecule has 2 rings (SSSR count). The smallest absolute Gasteiger partial charge is 0.404 e. The monoisotopic (exact) mass is 542 g/mol. The lowest BCUT2D eigenvalue weighted by molar-refractivity contribution is -0.315. The summed E-state index contributed by atoms with van der Waals surface area (Å²) in [6.45, 7) is -0.288. The molecule has 0 radical (unpaired) electrons. The van der Waals surface area contributed by atoms with Crippen LogP contribution in [0.2, 0.25) is 0 Å². The highest BCUT2D eigenvalue weighted by molar-refractivity contribution is 5.87. The van der Waals surface area contributed by atoms with E-state index in [0.717, 1.165) is 6.08 Å². The van der Waals surface area contributed by atoms with Crippen molar-refractivity contribution in [3.05, 3.63) is 12.7 Å². The van der Waals surface area contributed by atoms with Gasteiger partial charge in [-0.15, -0.1) is 0 Å². The molecule has 2 fully saturated rings. The van der Waals surface area contributed by atoms with Gasteiger partial charge in [0.2, 0.25) is 5.91 Å². The van der Waals surface area contributed by atoms with Gasteiger partial charge in [-0.1, -0.05) is 6.58 Å². The van der Waals surface area contributed by atoms with E-state index in [1.165, 1.54) is 0 Å². The van der Waals surface area contributed by atoms with Crippen LogP contribution in [0.15, 0.2) is 12.7 Å². The predicted molar refractivity (Wildman–Crippen MR) is 116 cm³/mol. The van der Waals surface area contributed by atoms with E-state index in [0.29, 0.717) is 0 Å². The summed E-state index contributed by atoms with van der Waals surface area (Å²) in [5.74, 6) is -0.831. The summed E-state index contributed by atoms with van der Waals surface area (Å²) in [5, 5.41) is 81.4. The van der Waals surface area contributed by atoms with E-state index in [2.05, 4.69) is 11.9 Å². The zero-order chi connectivity index (χ0) is 27.9. The molecule has 37 heavy (non-hydrogen) atoms. The van der Waals surface area contributed by atoms with Crippen LogP contribution in [0.25, 0.3) is 0 Å². The molecule has 2 heterocycles. The van der Waals surface area contributed by atoms with E-state index in [1.54, 1.807) is 0 Å². The van der Waals surface area contributed by atoms with Crippen LogP contribution in [0.5, 0.6) is 0 Å². The van der Waals surface area contributed by atoms with Crippen molar-refractivity contribution in [2.45, 2.75) is 67.0 Å². The lowest BCUT2D eigenvalue weighted by atomic mass is 9.98. The van der Waals surface area contributed by atoms with Crippen molar-refractivity contribution in [1.82, 2.24) is 5.32 Å². The van der Waals surface area contributed by atoms with Crippen molar-refractivity contribution < 1.29 is 74.1 Å². The third-order valence-electron chi connectivity index (χ3n) is 5.81. The second-order valence-corrected chi connectivity index (χ2v) is 8.60. The van der Waals surface area contributed by atoms with Crippen LogP contribution < -0.4 is 11.1 Å². The molecule has 17 heteroatoms. The third kappa shape index (κ3) is 7.76. The maximum Gasteiger partial charge on any atom is 0.404 e. The van der Waals surface area contributed by atoms with Gasteiger partial charge in [-0.3, -0.25) is 4.79 Å². The quantitative estimate of drug-likeness (QED) is 0.103. The number of carbonyl (C=O) groups is 2. The maximum atomic E-state index is 12.2. The van der Waals surface area contributed by atoms with Gasteiger partial charge in [-0.25, -0.2) is 4.79 Å². The highest BCUT2D eigenvalue weighted by Crippen LogP contribution is 2.25. The summed E-state index contributed by atoms with van der Waals surface area (Å²) in [4.78, 5) is 23.5. The van der Waals surface area contributed by atoms with Gasteiger partial charge in [0.05, 0.1) is 26.4 Å². The number of carbonyl (C=O) groups excluding carboxylic acids is 2. The fraction of sp³-hybridized carbons (Fsp3) is 0.800. The molecule has 2 aliphatic heterocycles. The van der Waals surface area contributed by atoms with Gasteiger partial charge >= 0.3 is 6.09 Å². The van der Waals surface area contributed by atoms with Crippen LogP contribution in [-0.4, -0.2) is 153 Å². The van der Waals surface area contributed by atoms with Gasteiger partial charge < -0.3 is 75.6 Å². The van der Waals surface area contributed by atoms with Crippen molar-refractivity contribution >= 4 is 12.0 Å². The SMILES string of the molecule is C=CC(=O)NC(COC(N)=O)(CO[C@@H]1OC(CO)[C@@H](O)[C@H](O)C1O)CO[C@@H]1OC(CO)[C@@H](O)[C@H](O)C1O. The predicted octanol–water partition coefficient (Wildman–Crippen LogP) is -6.24. The number of aliphatic hydroxyl groups is 8. The minimum atomic E-state index is -1.86. The molecule has 4 unspecified atom stereocenters. The molecular formula is C20H34N2O15. The van der Waals surface area contributed by atoms with Crippen molar-refractivity contribution in [3.63, 3.8) is 0 Å². The number of hydrogen-bond acceptors (Lipinski definition) is 15. The second-order valence-electron chi connectivity index (χ2n) is 8.60. The van der Waals surface area contributed by atoms with E-state index in [4.69, 9.17) is 29.4 Å². The zero-order valence-corrected chi connectivity index (χ0v) is 19.6. The first-order valence-electron chi connectivity index (χ1n) is 11.1. The van der Waals surface area contributed by atoms with Gasteiger partial charge in [0.1, 0.15) is 61.0 Å². The molecule has 2 saturated heterocycles. The first-order valence-corrected chi connectivity index (χ1v) is 11.1. The zero-order valence-electron chi connectivity index (χ0n) is 19.6. The summed E-state index contributed by atoms with van der Waals surface area (Å²) in [7, 11) is 0. The molecule has 2 aliphatic rings. The summed E-state index contributed by atoms with van der Waals surface area (Å²) in [5.41, 5.74) is 3.18. The van der Waals surface area contributed by atoms with Gasteiger partial charge in [0.15, 0.2) is 12.6 Å². The molecule has 0 spiro atoms. The van der Waals surface area contributed by atoms with E-state index in [9.17, 15) is 50.4 Å². The lowest BCUT2D eigenvalue weighted by Gasteiger charge is -2.43. The lowest BCUT2D eigenvalue weighted by Crippen LogP contribution is -2.64. The first-order chi connectivity index (χ1) is 17.4. The molecule has 0 aromatic heterocycles. The maximum absolute atomic E-state index is 12.2. The normalized spacial score (nSPS) is 37.8. The molecule has 11 N–H and O–H groups in total. The molecule has 0 aromatic rings. The van der Waals surface area contributed by atoms with Crippen molar-refractivity contribution in [3.8, 4) is 0 Å². The number of nitrogens with two attached hydrogens (primary N) is 1. The Labute approximate surface area is 210 Å². The Morgan fingerprint density at radius 2 is 1.24 bits per heavy atom. The number of amides is 2. The number of hydrogen-bond donors (Lipinski definition) is 10. The van der Waals surface area contributed by atoms with E-state index in [1.807, 2.05) is 0 Å². The number of rotatable bonds is 12. The highest BCUT2D eigenvalue weighted by Gasteiger charge is 2.48. The molecule has 17 nitrogen and oxygen atoms in total. The largest absolute Gasteiger partial charge is 0.447 e. The fourth-order valence-corrected chi connectivity index (χ4v) is 3.65. The standard InChI is InChI=1S/C20H34N2O15/c1-2-10(25)22-20(7-35-19(21)32,5-33-17-15(30)13(28)11(26)8(3-23)36-17)6-34-18-16(31)14(29)12(27)9(4-24)37-18/h2,8-9,11-18,23-24,26-31H,1,3-7H2,(H2,21,32)(H,22,25)/t8?,9?,11-,12-,13+,14+,15?,16?,17-,18-,20?/m1/s1. The number of nitrogens with one attached hydrogen (secondary N) is 1. The molecule has 2 amide bonds. The fourth-order valence-electron chi connectivity index (χ4n) is 3.65. The summed E-state index contributed by atoms with van der Waals surface area (Å²) in [6, 6.07) is 0. The van der Waals surface area contributed by atoms with Gasteiger partial charge in [0, 0.05) is 0 Å². The third-order valence-corrected chi connectivity index (χ3v) is 5.81. The molecular weight excluding hydrogens is 508 g/mol. The molecule has 0 saturated carbocycles. The average molecular weight is 542 g/mol. The van der Waals surface area contributed by atoms with Gasteiger partial charge in [-0.05, 0) is 6.08 Å². The highest BCUT2D eigenvalue weighted by atomic mass is 16.7. The van der Waals surface area contributed by atoms with Crippen LogP contribution in [0.1, 0.15) is 0 Å². The molecule has 214 valence electrons. The second kappa shape index (κ2) is 13.7. The Morgan fingerprint density at radius 3 is 1.59 bits per heavy atom. The van der Waals surface area contributed by atoms with Crippen LogP contribution in [-0.2, 0) is 28.5 Å². The van der Waals surface area contributed by atoms with Crippen LogP contribution in [0.3, 0.4) is 0 Å². The molecule has 0 aromatic carbocycles. The summed E-state index contributed by atoms with van der Waals surface area (Å²) < 4.78 is 26.3. The van der Waals surface area contributed by atoms with Crippen molar-refractivity contribution in [2.75, 3.05) is 33.0 Å². The first kappa shape index (κ1) is 31.2. The van der Waals surface area contributed by atoms with Crippen molar-refractivity contribution in [2.24, 2.45) is 5.73 Å². The number of ether oxygens (including phenoxy) is 5. The number of primary amides is 1. The molecule has 10 atom stereocenters. The van der Waals surface area contributed by atoms with Crippen molar-refractivity contribution in [1.29, 1.82) is 0 Å². The minimum absolute atomic E-state index is 0.694.